The number of benzene rings is 2. The van der Waals surface area contributed by atoms with E-state index in [1.165, 1.54) is 19.2 Å². The number of methoxy groups -OCH3 is 1. The number of unbranched alkanes of at least 4 members (excludes halogenated alkanes) is 2. The van der Waals surface area contributed by atoms with Crippen molar-refractivity contribution < 1.29 is 18.7 Å². The number of thiophene rings is 1. The molecule has 0 saturated carbocycles. The van der Waals surface area contributed by atoms with Gasteiger partial charge in [-0.3, -0.25) is 9.36 Å². The summed E-state index contributed by atoms with van der Waals surface area (Å²) in [5.74, 6) is 1.10. The first-order valence-corrected chi connectivity index (χ1v) is 11.1. The number of carbonyl (C=O) groups is 1. The molecule has 0 aliphatic carbocycles. The van der Waals surface area contributed by atoms with Crippen LogP contribution in [0.4, 0.5) is 4.39 Å². The van der Waals surface area contributed by atoms with Crippen LogP contribution in [0.1, 0.15) is 25.7 Å². The molecule has 0 fully saturated rings. The van der Waals surface area contributed by atoms with Crippen molar-refractivity contribution in [3.8, 4) is 22.8 Å². The number of hydrogen-bond acceptors (Lipinski definition) is 5. The second kappa shape index (κ2) is 9.75. The van der Waals surface area contributed by atoms with E-state index < -0.39 is 0 Å². The molecular formula is C24H23FN2O3S. The van der Waals surface area contributed by atoms with E-state index in [9.17, 15) is 9.18 Å². The maximum atomic E-state index is 13.5. The molecule has 0 radical (unpaired) electrons. The first-order valence-electron chi connectivity index (χ1n) is 10.2. The molecule has 0 aliphatic heterocycles. The number of rotatable bonds is 9. The summed E-state index contributed by atoms with van der Waals surface area (Å²) in [6, 6.07) is 14.3. The minimum absolute atomic E-state index is 0.179. The number of esters is 1. The van der Waals surface area contributed by atoms with E-state index in [1.807, 2.05) is 39.6 Å². The predicted molar refractivity (Wildman–Crippen MR) is 120 cm³/mol. The Morgan fingerprint density at radius 3 is 2.68 bits per heavy atom. The van der Waals surface area contributed by atoms with Gasteiger partial charge < -0.3 is 9.47 Å². The Hall–Kier alpha value is -3.19. The van der Waals surface area contributed by atoms with Gasteiger partial charge in [0, 0.05) is 29.1 Å². The minimum atomic E-state index is -0.276. The van der Waals surface area contributed by atoms with Crippen LogP contribution in [-0.4, -0.2) is 29.2 Å². The summed E-state index contributed by atoms with van der Waals surface area (Å²) in [5, 5.41) is 4.06. The maximum absolute atomic E-state index is 13.5. The van der Waals surface area contributed by atoms with Crippen LogP contribution in [0.15, 0.2) is 59.3 Å². The van der Waals surface area contributed by atoms with Crippen molar-refractivity contribution >= 4 is 28.3 Å². The molecule has 4 aromatic rings. The van der Waals surface area contributed by atoms with Gasteiger partial charge in [-0.25, -0.2) is 9.37 Å². The van der Waals surface area contributed by atoms with Crippen molar-refractivity contribution in [1.29, 1.82) is 0 Å². The fourth-order valence-corrected chi connectivity index (χ4v) is 4.06. The van der Waals surface area contributed by atoms with Gasteiger partial charge in [0.15, 0.2) is 0 Å². The predicted octanol–water partition coefficient (Wildman–Crippen LogP) is 6.01. The molecule has 2 heterocycles. The summed E-state index contributed by atoms with van der Waals surface area (Å²) in [5.41, 5.74) is 3.59. The van der Waals surface area contributed by atoms with Crippen LogP contribution < -0.4 is 4.74 Å². The quantitative estimate of drug-likeness (QED) is 0.237. The average molecular weight is 439 g/mol. The van der Waals surface area contributed by atoms with Gasteiger partial charge in [-0.05, 0) is 67.1 Å². The van der Waals surface area contributed by atoms with Crippen LogP contribution in [0.2, 0.25) is 0 Å². The number of hydrogen-bond donors (Lipinski definition) is 0. The fraction of sp³-hybridized carbons (Fsp3) is 0.250. The van der Waals surface area contributed by atoms with E-state index in [2.05, 4.69) is 4.74 Å². The van der Waals surface area contributed by atoms with E-state index in [-0.39, 0.29) is 11.8 Å². The molecule has 7 heteroatoms. The van der Waals surface area contributed by atoms with Gasteiger partial charge in [-0.15, -0.1) is 0 Å². The molecule has 0 aliphatic rings. The van der Waals surface area contributed by atoms with E-state index in [0.717, 1.165) is 53.1 Å². The Balaban J connectivity index is 1.56. The molecule has 0 unspecified atom stereocenters. The van der Waals surface area contributed by atoms with Gasteiger partial charge >= 0.3 is 5.97 Å². The minimum Gasteiger partial charge on any atom is -0.494 e. The van der Waals surface area contributed by atoms with Crippen molar-refractivity contribution in [3.63, 3.8) is 0 Å². The Kier molecular flexibility index (Phi) is 6.62. The standard InChI is InChI=1S/C24H23FN2O3S/c1-29-23(28)5-3-2-4-13-30-20-10-11-21-22(15-20)27(19-8-6-18(25)7-9-19)24(26-21)17-12-14-31-16-17/h6-12,14-16H,2-5,13H2,1H3. The number of imidazole rings is 1. The van der Waals surface area contributed by atoms with Gasteiger partial charge in [0.05, 0.1) is 24.8 Å². The van der Waals surface area contributed by atoms with Gasteiger partial charge in [0.2, 0.25) is 0 Å². The molecule has 0 saturated heterocycles. The third-order valence-corrected chi connectivity index (χ3v) is 5.70. The van der Waals surface area contributed by atoms with Crippen LogP contribution in [0.3, 0.4) is 0 Å². The fourth-order valence-electron chi connectivity index (χ4n) is 3.42. The van der Waals surface area contributed by atoms with Gasteiger partial charge in [-0.1, -0.05) is 0 Å². The van der Waals surface area contributed by atoms with Crippen LogP contribution in [0, 0.1) is 5.82 Å². The topological polar surface area (TPSA) is 53.4 Å². The maximum Gasteiger partial charge on any atom is 0.305 e. The number of ether oxygens (including phenoxy) is 2. The van der Waals surface area contributed by atoms with E-state index >= 15 is 0 Å². The first-order chi connectivity index (χ1) is 15.2. The Bertz CT molecular complexity index is 1150. The number of aromatic nitrogens is 2. The summed E-state index contributed by atoms with van der Waals surface area (Å²) in [4.78, 5) is 16.0. The molecular weight excluding hydrogens is 415 g/mol. The molecule has 4 rings (SSSR count). The molecule has 160 valence electrons. The van der Waals surface area contributed by atoms with Crippen LogP contribution in [0.5, 0.6) is 5.75 Å². The zero-order chi connectivity index (χ0) is 21.6. The lowest BCUT2D eigenvalue weighted by atomic mass is 10.2. The highest BCUT2D eigenvalue weighted by molar-refractivity contribution is 7.08. The van der Waals surface area contributed by atoms with E-state index in [4.69, 9.17) is 9.72 Å². The van der Waals surface area contributed by atoms with Gasteiger partial charge in [-0.2, -0.15) is 11.3 Å². The highest BCUT2D eigenvalue weighted by atomic mass is 32.1. The van der Waals surface area contributed by atoms with Crippen molar-refractivity contribution in [1.82, 2.24) is 9.55 Å². The molecule has 0 N–H and O–H groups in total. The third-order valence-electron chi connectivity index (χ3n) is 5.01. The lowest BCUT2D eigenvalue weighted by Gasteiger charge is -2.10. The van der Waals surface area contributed by atoms with Crippen LogP contribution in [0.25, 0.3) is 28.1 Å². The zero-order valence-corrected chi connectivity index (χ0v) is 18.0. The Morgan fingerprint density at radius 1 is 1.10 bits per heavy atom. The van der Waals surface area contributed by atoms with Crippen LogP contribution >= 0.6 is 11.3 Å². The normalized spacial score (nSPS) is 11.0. The van der Waals surface area contributed by atoms with Crippen molar-refractivity contribution in [2.45, 2.75) is 25.7 Å². The Labute approximate surface area is 184 Å². The molecule has 5 nitrogen and oxygen atoms in total. The summed E-state index contributed by atoms with van der Waals surface area (Å²) < 4.78 is 26.1. The number of nitrogens with zero attached hydrogens (tertiary/aromatic N) is 2. The second-order valence-corrected chi connectivity index (χ2v) is 7.93. The summed E-state index contributed by atoms with van der Waals surface area (Å²) in [6.45, 7) is 0.564. The van der Waals surface area contributed by atoms with Gasteiger partial charge in [0.1, 0.15) is 17.4 Å². The second-order valence-electron chi connectivity index (χ2n) is 7.15. The average Bonchev–Trinajstić information content (AvgIpc) is 3.44. The molecule has 31 heavy (non-hydrogen) atoms. The van der Waals surface area contributed by atoms with Gasteiger partial charge in [0.25, 0.3) is 0 Å². The molecule has 0 bridgehead atoms. The molecule has 2 aromatic heterocycles. The summed E-state index contributed by atoms with van der Waals surface area (Å²) >= 11 is 1.61. The largest absolute Gasteiger partial charge is 0.494 e. The number of carbonyl (C=O) groups excluding carboxylic acids is 1. The number of fused-ring (bicyclic) bond motifs is 1. The molecule has 2 aromatic carbocycles. The lowest BCUT2D eigenvalue weighted by Crippen LogP contribution is -2.01. The molecule has 0 spiro atoms. The first kappa shape index (κ1) is 21.1. The lowest BCUT2D eigenvalue weighted by molar-refractivity contribution is -0.140. The van der Waals surface area contributed by atoms with Crippen molar-refractivity contribution in [2.75, 3.05) is 13.7 Å². The summed E-state index contributed by atoms with van der Waals surface area (Å²) in [6.07, 6.45) is 2.97. The molecule has 0 atom stereocenters. The van der Waals surface area contributed by atoms with E-state index in [1.54, 1.807) is 23.5 Å². The van der Waals surface area contributed by atoms with Crippen molar-refractivity contribution in [3.05, 3.63) is 65.1 Å². The SMILES string of the molecule is COC(=O)CCCCCOc1ccc2nc(-c3ccsc3)n(-c3ccc(F)cc3)c2c1. The van der Waals surface area contributed by atoms with Crippen molar-refractivity contribution in [2.24, 2.45) is 0 Å². The third kappa shape index (κ3) is 4.94. The smallest absolute Gasteiger partial charge is 0.305 e. The summed E-state index contributed by atoms with van der Waals surface area (Å²) in [7, 11) is 1.40. The van der Waals surface area contributed by atoms with E-state index in [0.29, 0.717) is 13.0 Å². The van der Waals surface area contributed by atoms with Crippen LogP contribution in [-0.2, 0) is 9.53 Å². The zero-order valence-electron chi connectivity index (χ0n) is 17.2. The Morgan fingerprint density at radius 2 is 1.94 bits per heavy atom. The molecule has 0 amide bonds. The highest BCUT2D eigenvalue weighted by Gasteiger charge is 2.15. The number of halogens is 1. The monoisotopic (exact) mass is 438 g/mol. The highest BCUT2D eigenvalue weighted by Crippen LogP contribution is 2.32.